The zero-order valence-electron chi connectivity index (χ0n) is 20.0. The van der Waals surface area contributed by atoms with Crippen molar-refractivity contribution in [3.63, 3.8) is 0 Å². The van der Waals surface area contributed by atoms with Crippen molar-refractivity contribution in [3.8, 4) is 18.1 Å². The van der Waals surface area contributed by atoms with E-state index in [1.54, 1.807) is 16.0 Å². The summed E-state index contributed by atoms with van der Waals surface area (Å²) in [4.78, 5) is 40.7. The lowest BCUT2D eigenvalue weighted by atomic mass is 10.0. The molecule has 1 atom stereocenters. The van der Waals surface area contributed by atoms with Crippen LogP contribution >= 0.6 is 0 Å². The van der Waals surface area contributed by atoms with E-state index in [1.807, 2.05) is 25.3 Å². The van der Waals surface area contributed by atoms with E-state index < -0.39 is 11.9 Å². The minimum absolute atomic E-state index is 0.0507. The maximum Gasteiger partial charge on any atom is 0.255 e. The van der Waals surface area contributed by atoms with Gasteiger partial charge in [0.25, 0.3) is 5.91 Å². The van der Waals surface area contributed by atoms with Crippen LogP contribution in [0.3, 0.4) is 0 Å². The van der Waals surface area contributed by atoms with Crippen LogP contribution in [0, 0.1) is 12.3 Å². The molecule has 0 bridgehead atoms. The van der Waals surface area contributed by atoms with E-state index in [0.29, 0.717) is 30.8 Å². The lowest BCUT2D eigenvalue weighted by molar-refractivity contribution is -0.136. The molecule has 1 aromatic rings. The highest BCUT2D eigenvalue weighted by molar-refractivity contribution is 6.05. The molecule has 0 spiro atoms. The van der Waals surface area contributed by atoms with Crippen LogP contribution in [0.1, 0.15) is 48.5 Å². The Labute approximate surface area is 205 Å². The molecule has 3 aliphatic heterocycles. The zero-order valence-corrected chi connectivity index (χ0v) is 20.0. The number of fused-ring (bicyclic) bond motifs is 1. The van der Waals surface area contributed by atoms with Gasteiger partial charge in [-0.15, -0.1) is 6.42 Å². The fourth-order valence-corrected chi connectivity index (χ4v) is 4.78. The lowest BCUT2D eigenvalue weighted by Crippen LogP contribution is -2.52. The molecule has 35 heavy (non-hydrogen) atoms. The quantitative estimate of drug-likeness (QED) is 0.265. The van der Waals surface area contributed by atoms with Crippen LogP contribution < -0.4 is 10.1 Å². The standard InChI is InChI=1S/C26H31N5O4/c1-4-18(2)16-30(27-3)15-14-29-12-10-19(11-13-29)35-23-7-5-6-20-21(23)17-31(26(20)34)22-8-9-24(32)28-25(22)33/h1,5-7,16,19,22H,3,8-15,17H2,2H3,(H,28,32,33)/b18-16+. The molecule has 0 aliphatic carbocycles. The van der Waals surface area contributed by atoms with Crippen molar-refractivity contribution in [2.24, 2.45) is 5.10 Å². The number of hydrogen-bond acceptors (Lipinski definition) is 7. The van der Waals surface area contributed by atoms with Gasteiger partial charge in [-0.2, -0.15) is 5.10 Å². The SMILES string of the molecule is C#C/C(C)=C/N(CCN1CCC(Oc2cccc3c2CN(C2CCC(=O)NC2=O)C3=O)CC1)N=C. The molecule has 3 amide bonds. The number of piperidine rings is 2. The predicted octanol–water partition coefficient (Wildman–Crippen LogP) is 1.75. The van der Waals surface area contributed by atoms with Gasteiger partial charge in [-0.3, -0.25) is 24.7 Å². The average Bonchev–Trinajstić information content (AvgIpc) is 3.19. The van der Waals surface area contributed by atoms with Gasteiger partial charge in [0.05, 0.1) is 13.1 Å². The smallest absolute Gasteiger partial charge is 0.255 e. The highest BCUT2D eigenvalue weighted by Gasteiger charge is 2.40. The van der Waals surface area contributed by atoms with Gasteiger partial charge in [-0.25, -0.2) is 0 Å². The normalized spacial score (nSPS) is 21.4. The van der Waals surface area contributed by atoms with E-state index in [4.69, 9.17) is 11.2 Å². The summed E-state index contributed by atoms with van der Waals surface area (Å²) in [7, 11) is 0. The number of hydrazone groups is 1. The van der Waals surface area contributed by atoms with Crippen molar-refractivity contribution >= 4 is 24.4 Å². The summed E-state index contributed by atoms with van der Waals surface area (Å²) in [6.07, 6.45) is 9.60. The van der Waals surface area contributed by atoms with Crippen molar-refractivity contribution in [2.45, 2.75) is 51.3 Å². The van der Waals surface area contributed by atoms with E-state index >= 15 is 0 Å². The number of allylic oxidation sites excluding steroid dienone is 1. The fraction of sp³-hybridized carbons (Fsp3) is 0.462. The number of benzene rings is 1. The molecular formula is C26H31N5O4. The van der Waals surface area contributed by atoms with Gasteiger partial charge in [-0.05, 0) is 38.3 Å². The van der Waals surface area contributed by atoms with E-state index in [-0.39, 0.29) is 24.3 Å². The van der Waals surface area contributed by atoms with Crippen LogP contribution in [0.2, 0.25) is 0 Å². The van der Waals surface area contributed by atoms with Crippen molar-refractivity contribution in [3.05, 3.63) is 41.1 Å². The lowest BCUT2D eigenvalue weighted by Gasteiger charge is -2.33. The van der Waals surface area contributed by atoms with E-state index in [0.717, 1.165) is 43.6 Å². The Bertz CT molecular complexity index is 1080. The van der Waals surface area contributed by atoms with Crippen molar-refractivity contribution in [2.75, 3.05) is 26.2 Å². The van der Waals surface area contributed by atoms with Crippen LogP contribution in [-0.2, 0) is 16.1 Å². The van der Waals surface area contributed by atoms with Gasteiger partial charge in [0, 0.05) is 55.7 Å². The van der Waals surface area contributed by atoms with Crippen LogP contribution in [0.4, 0.5) is 0 Å². The molecule has 0 radical (unpaired) electrons. The number of nitrogens with zero attached hydrogens (tertiary/aromatic N) is 4. The second kappa shape index (κ2) is 10.7. The largest absolute Gasteiger partial charge is 0.490 e. The third kappa shape index (κ3) is 5.54. The number of terminal acetylenes is 1. The first-order valence-electron chi connectivity index (χ1n) is 11.9. The molecule has 1 aromatic carbocycles. The Morgan fingerprint density at radius 1 is 1.31 bits per heavy atom. The summed E-state index contributed by atoms with van der Waals surface area (Å²) in [6, 6.07) is 4.85. The average molecular weight is 478 g/mol. The number of carbonyl (C=O) groups is 3. The molecule has 184 valence electrons. The molecule has 0 saturated carbocycles. The third-order valence-electron chi connectivity index (χ3n) is 6.76. The van der Waals surface area contributed by atoms with Crippen LogP contribution in [0.25, 0.3) is 0 Å². The van der Waals surface area contributed by atoms with Crippen LogP contribution in [0.5, 0.6) is 5.75 Å². The van der Waals surface area contributed by atoms with Crippen LogP contribution in [0.15, 0.2) is 35.1 Å². The summed E-state index contributed by atoms with van der Waals surface area (Å²) >= 11 is 0. The number of rotatable bonds is 8. The maximum atomic E-state index is 13.0. The molecule has 1 unspecified atom stereocenters. The molecule has 2 saturated heterocycles. The number of carbonyl (C=O) groups excluding carboxylic acids is 3. The summed E-state index contributed by atoms with van der Waals surface area (Å²) in [5.41, 5.74) is 2.18. The number of imide groups is 1. The Morgan fingerprint density at radius 2 is 2.09 bits per heavy atom. The molecule has 3 heterocycles. The van der Waals surface area contributed by atoms with Crippen molar-refractivity contribution in [1.29, 1.82) is 0 Å². The molecular weight excluding hydrogens is 446 g/mol. The monoisotopic (exact) mass is 477 g/mol. The number of ether oxygens (including phenoxy) is 1. The second-order valence-corrected chi connectivity index (χ2v) is 9.10. The Kier molecular flexibility index (Phi) is 7.51. The zero-order chi connectivity index (χ0) is 24.9. The maximum absolute atomic E-state index is 13.0. The molecule has 4 rings (SSSR count). The first-order chi connectivity index (χ1) is 16.9. The summed E-state index contributed by atoms with van der Waals surface area (Å²) in [5.74, 6) is 2.39. The van der Waals surface area contributed by atoms with Crippen LogP contribution in [-0.4, -0.2) is 77.6 Å². The highest BCUT2D eigenvalue weighted by Crippen LogP contribution is 2.34. The first-order valence-corrected chi connectivity index (χ1v) is 11.9. The number of amides is 3. The Hall–Kier alpha value is -3.64. The van der Waals surface area contributed by atoms with Gasteiger partial charge < -0.3 is 14.5 Å². The highest BCUT2D eigenvalue weighted by atomic mass is 16.5. The van der Waals surface area contributed by atoms with Gasteiger partial charge in [-0.1, -0.05) is 12.0 Å². The summed E-state index contributed by atoms with van der Waals surface area (Å²) in [6.45, 7) is 9.11. The molecule has 9 heteroatoms. The molecule has 3 aliphatic rings. The van der Waals surface area contributed by atoms with Gasteiger partial charge in [0.15, 0.2) is 0 Å². The van der Waals surface area contributed by atoms with E-state index in [9.17, 15) is 14.4 Å². The minimum Gasteiger partial charge on any atom is -0.490 e. The van der Waals surface area contributed by atoms with Crippen molar-refractivity contribution in [1.82, 2.24) is 20.1 Å². The van der Waals surface area contributed by atoms with Gasteiger partial charge in [0.1, 0.15) is 17.9 Å². The Morgan fingerprint density at radius 3 is 2.77 bits per heavy atom. The third-order valence-corrected chi connectivity index (χ3v) is 6.76. The number of hydrogen-bond donors (Lipinski definition) is 1. The number of likely N-dealkylation sites (tertiary alicyclic amines) is 1. The Balaban J connectivity index is 1.33. The number of nitrogens with one attached hydrogen (secondary N) is 1. The van der Waals surface area contributed by atoms with E-state index in [1.165, 1.54) is 0 Å². The first kappa shape index (κ1) is 24.5. The molecule has 2 fully saturated rings. The topological polar surface area (TPSA) is 94.5 Å². The molecule has 9 nitrogen and oxygen atoms in total. The molecule has 0 aromatic heterocycles. The predicted molar refractivity (Wildman–Crippen MR) is 131 cm³/mol. The molecule has 1 N–H and O–H groups in total. The van der Waals surface area contributed by atoms with Gasteiger partial charge in [0.2, 0.25) is 11.8 Å². The van der Waals surface area contributed by atoms with Crippen molar-refractivity contribution < 1.29 is 19.1 Å². The minimum atomic E-state index is -0.632. The summed E-state index contributed by atoms with van der Waals surface area (Å²) in [5, 5.41) is 8.11. The summed E-state index contributed by atoms with van der Waals surface area (Å²) < 4.78 is 6.36. The van der Waals surface area contributed by atoms with E-state index in [2.05, 4.69) is 28.0 Å². The fourth-order valence-electron chi connectivity index (χ4n) is 4.78. The van der Waals surface area contributed by atoms with Gasteiger partial charge >= 0.3 is 0 Å². The second-order valence-electron chi connectivity index (χ2n) is 9.10.